The average Bonchev–Trinajstić information content (AvgIpc) is 3.23. The van der Waals surface area contributed by atoms with Crippen LogP contribution in [0.1, 0.15) is 31.7 Å². The number of para-hydroxylation sites is 1. The van der Waals surface area contributed by atoms with E-state index in [-0.39, 0.29) is 6.10 Å². The Morgan fingerprint density at radius 2 is 1.86 bits per heavy atom. The van der Waals surface area contributed by atoms with Crippen LogP contribution in [-0.4, -0.2) is 12.1 Å². The van der Waals surface area contributed by atoms with Crippen molar-refractivity contribution in [2.45, 2.75) is 38.3 Å². The van der Waals surface area contributed by atoms with Gasteiger partial charge in [-0.15, -0.1) is 0 Å². The highest BCUT2D eigenvalue weighted by atomic mass is 16.5. The number of anilines is 2. The second-order valence-electron chi connectivity index (χ2n) is 5.89. The summed E-state index contributed by atoms with van der Waals surface area (Å²) in [6, 6.07) is 17.0. The van der Waals surface area contributed by atoms with E-state index in [0.29, 0.717) is 17.6 Å². The highest BCUT2D eigenvalue weighted by Gasteiger charge is 2.38. The molecule has 3 rings (SSSR count). The van der Waals surface area contributed by atoms with Gasteiger partial charge in [0.25, 0.3) is 0 Å². The molecule has 0 aromatic heterocycles. The van der Waals surface area contributed by atoms with Gasteiger partial charge in [-0.05, 0) is 38.0 Å². The van der Waals surface area contributed by atoms with Crippen molar-refractivity contribution in [1.82, 2.24) is 0 Å². The molecule has 110 valence electrons. The maximum atomic E-state index is 6.20. The van der Waals surface area contributed by atoms with Crippen LogP contribution in [0.2, 0.25) is 0 Å². The predicted octanol–water partition coefficient (Wildman–Crippen LogP) is 4.02. The summed E-state index contributed by atoms with van der Waals surface area (Å²) in [4.78, 5) is 0. The molecule has 3 nitrogen and oxygen atoms in total. The summed E-state index contributed by atoms with van der Waals surface area (Å²) in [5.41, 5.74) is 9.26. The van der Waals surface area contributed by atoms with E-state index in [9.17, 15) is 0 Å². The Balaban J connectivity index is 1.69. The number of nitrogens with one attached hydrogen (secondary N) is 1. The molecule has 2 atom stereocenters. The molecule has 0 bridgehead atoms. The number of nitrogen functional groups attached to an aromatic ring is 1. The molecule has 1 aliphatic carbocycles. The summed E-state index contributed by atoms with van der Waals surface area (Å²) >= 11 is 0. The first-order chi connectivity index (χ1) is 10.1. The van der Waals surface area contributed by atoms with Crippen molar-refractivity contribution in [2.24, 2.45) is 0 Å². The third-order valence-electron chi connectivity index (χ3n) is 3.79. The molecule has 2 unspecified atom stereocenters. The van der Waals surface area contributed by atoms with E-state index in [1.807, 2.05) is 32.0 Å². The number of hydrogen-bond acceptors (Lipinski definition) is 3. The molecule has 3 N–H and O–H groups in total. The molecule has 1 aliphatic rings. The Hall–Kier alpha value is -2.16. The number of ether oxygens (including phenoxy) is 1. The molecule has 0 amide bonds. The molecule has 0 aliphatic heterocycles. The zero-order valence-electron chi connectivity index (χ0n) is 12.5. The largest absolute Gasteiger partial charge is 0.489 e. The zero-order chi connectivity index (χ0) is 14.8. The van der Waals surface area contributed by atoms with Crippen LogP contribution in [0.3, 0.4) is 0 Å². The molecule has 3 heteroatoms. The third-order valence-corrected chi connectivity index (χ3v) is 3.79. The van der Waals surface area contributed by atoms with Gasteiger partial charge in [0.15, 0.2) is 0 Å². The molecular formula is C18H22N2O. The van der Waals surface area contributed by atoms with E-state index >= 15 is 0 Å². The van der Waals surface area contributed by atoms with Crippen molar-refractivity contribution in [3.05, 3.63) is 54.1 Å². The number of hydrogen-bond donors (Lipinski definition) is 2. The monoisotopic (exact) mass is 282 g/mol. The second kappa shape index (κ2) is 5.68. The van der Waals surface area contributed by atoms with Crippen molar-refractivity contribution in [1.29, 1.82) is 0 Å². The highest BCUT2D eigenvalue weighted by molar-refractivity contribution is 5.73. The van der Waals surface area contributed by atoms with Crippen LogP contribution in [0.4, 0.5) is 11.4 Å². The van der Waals surface area contributed by atoms with Gasteiger partial charge in [0, 0.05) is 12.0 Å². The SMILES string of the molecule is CC(C)Oc1cccc(NC2CC2c2ccccc2)c1N. The normalized spacial score (nSPS) is 20.3. The summed E-state index contributed by atoms with van der Waals surface area (Å²) in [5.74, 6) is 1.34. The molecule has 1 fully saturated rings. The number of benzene rings is 2. The minimum Gasteiger partial charge on any atom is -0.489 e. The summed E-state index contributed by atoms with van der Waals surface area (Å²) in [5, 5.41) is 3.54. The van der Waals surface area contributed by atoms with Crippen LogP contribution >= 0.6 is 0 Å². The second-order valence-corrected chi connectivity index (χ2v) is 5.89. The summed E-state index contributed by atoms with van der Waals surface area (Å²) < 4.78 is 5.73. The summed E-state index contributed by atoms with van der Waals surface area (Å²) in [6.45, 7) is 4.01. The van der Waals surface area contributed by atoms with Gasteiger partial charge in [0.2, 0.25) is 0 Å². The van der Waals surface area contributed by atoms with Gasteiger partial charge in [-0.25, -0.2) is 0 Å². The maximum absolute atomic E-state index is 6.20. The Labute approximate surface area is 126 Å². The van der Waals surface area contributed by atoms with Gasteiger partial charge < -0.3 is 15.8 Å². The van der Waals surface area contributed by atoms with E-state index < -0.39 is 0 Å². The van der Waals surface area contributed by atoms with E-state index in [4.69, 9.17) is 10.5 Å². The fraction of sp³-hybridized carbons (Fsp3) is 0.333. The lowest BCUT2D eigenvalue weighted by Crippen LogP contribution is -2.10. The Morgan fingerprint density at radius 1 is 1.10 bits per heavy atom. The van der Waals surface area contributed by atoms with E-state index in [0.717, 1.165) is 17.9 Å². The van der Waals surface area contributed by atoms with Crippen molar-refractivity contribution in [3.63, 3.8) is 0 Å². The fourth-order valence-corrected chi connectivity index (χ4v) is 2.65. The van der Waals surface area contributed by atoms with Gasteiger partial charge in [-0.3, -0.25) is 0 Å². The molecule has 2 aromatic rings. The topological polar surface area (TPSA) is 47.3 Å². The lowest BCUT2D eigenvalue weighted by atomic mass is 10.1. The molecule has 1 saturated carbocycles. The van der Waals surface area contributed by atoms with Crippen LogP contribution in [0.25, 0.3) is 0 Å². The summed E-state index contributed by atoms with van der Waals surface area (Å²) in [7, 11) is 0. The fourth-order valence-electron chi connectivity index (χ4n) is 2.65. The van der Waals surface area contributed by atoms with Crippen LogP contribution in [0, 0.1) is 0 Å². The van der Waals surface area contributed by atoms with Crippen LogP contribution < -0.4 is 15.8 Å². The Kier molecular flexibility index (Phi) is 3.74. The maximum Gasteiger partial charge on any atom is 0.144 e. The molecule has 2 aromatic carbocycles. The van der Waals surface area contributed by atoms with E-state index in [1.54, 1.807) is 0 Å². The van der Waals surface area contributed by atoms with Gasteiger partial charge in [0.05, 0.1) is 17.5 Å². The molecule has 21 heavy (non-hydrogen) atoms. The van der Waals surface area contributed by atoms with Gasteiger partial charge in [-0.2, -0.15) is 0 Å². The predicted molar refractivity (Wildman–Crippen MR) is 87.8 cm³/mol. The van der Waals surface area contributed by atoms with Gasteiger partial charge in [0.1, 0.15) is 5.75 Å². The van der Waals surface area contributed by atoms with Crippen LogP contribution in [-0.2, 0) is 0 Å². The first-order valence-corrected chi connectivity index (χ1v) is 7.52. The van der Waals surface area contributed by atoms with E-state index in [1.165, 1.54) is 5.56 Å². The number of rotatable bonds is 5. The molecular weight excluding hydrogens is 260 g/mol. The molecule has 0 radical (unpaired) electrons. The van der Waals surface area contributed by atoms with Crippen molar-refractivity contribution in [2.75, 3.05) is 11.1 Å². The van der Waals surface area contributed by atoms with Crippen molar-refractivity contribution >= 4 is 11.4 Å². The first-order valence-electron chi connectivity index (χ1n) is 7.52. The van der Waals surface area contributed by atoms with Gasteiger partial charge in [-0.1, -0.05) is 36.4 Å². The number of nitrogens with two attached hydrogens (primary N) is 1. The van der Waals surface area contributed by atoms with Crippen LogP contribution in [0.15, 0.2) is 48.5 Å². The van der Waals surface area contributed by atoms with Crippen molar-refractivity contribution in [3.8, 4) is 5.75 Å². The average molecular weight is 282 g/mol. The van der Waals surface area contributed by atoms with E-state index in [2.05, 4.69) is 35.6 Å². The standard InChI is InChI=1S/C18H22N2O/c1-12(2)21-17-10-6-9-15(18(17)19)20-16-11-14(16)13-7-4-3-5-8-13/h3-10,12,14,16,20H,11,19H2,1-2H3. The highest BCUT2D eigenvalue weighted by Crippen LogP contribution is 2.44. The Morgan fingerprint density at radius 3 is 2.57 bits per heavy atom. The van der Waals surface area contributed by atoms with Gasteiger partial charge >= 0.3 is 0 Å². The molecule has 0 heterocycles. The Bertz CT molecular complexity index is 610. The summed E-state index contributed by atoms with van der Waals surface area (Å²) in [6.07, 6.45) is 1.28. The first kappa shape index (κ1) is 13.8. The van der Waals surface area contributed by atoms with Crippen LogP contribution in [0.5, 0.6) is 5.75 Å². The lowest BCUT2D eigenvalue weighted by molar-refractivity contribution is 0.244. The smallest absolute Gasteiger partial charge is 0.144 e. The minimum atomic E-state index is 0.126. The third kappa shape index (κ3) is 3.13. The minimum absolute atomic E-state index is 0.126. The molecule has 0 saturated heterocycles. The molecule has 0 spiro atoms. The lowest BCUT2D eigenvalue weighted by Gasteiger charge is -2.15. The quantitative estimate of drug-likeness (QED) is 0.814. The zero-order valence-corrected chi connectivity index (χ0v) is 12.5. The van der Waals surface area contributed by atoms with Crippen molar-refractivity contribution < 1.29 is 4.74 Å².